The quantitative estimate of drug-likeness (QED) is 0.733. The summed E-state index contributed by atoms with van der Waals surface area (Å²) in [6, 6.07) is 4.96. The maximum atomic E-state index is 3.67. The molecule has 1 aromatic carbocycles. The molecule has 1 aromatic rings. The summed E-state index contributed by atoms with van der Waals surface area (Å²) in [6.07, 6.45) is 5.26. The van der Waals surface area contributed by atoms with E-state index in [4.69, 9.17) is 0 Å². The van der Waals surface area contributed by atoms with Crippen LogP contribution < -0.4 is 5.32 Å². The average molecular weight is 361 g/mol. The Morgan fingerprint density at radius 2 is 1.59 bits per heavy atom. The third-order valence-corrected chi connectivity index (χ3v) is 4.80. The molecule has 1 aliphatic rings. The highest BCUT2D eigenvalue weighted by atomic mass is 79.9. The summed E-state index contributed by atoms with van der Waals surface area (Å²) in [5.74, 6) is 0.901. The van der Waals surface area contributed by atoms with Crippen molar-refractivity contribution >= 4 is 37.5 Å². The van der Waals surface area contributed by atoms with Gasteiger partial charge in [0.05, 0.1) is 5.69 Å². The maximum absolute atomic E-state index is 3.67. The summed E-state index contributed by atoms with van der Waals surface area (Å²) < 4.78 is 2.31. The van der Waals surface area contributed by atoms with Gasteiger partial charge in [-0.2, -0.15) is 0 Å². The molecule has 1 fully saturated rings. The van der Waals surface area contributed by atoms with Crippen molar-refractivity contribution in [3.63, 3.8) is 0 Å². The number of hydrogen-bond acceptors (Lipinski definition) is 1. The summed E-state index contributed by atoms with van der Waals surface area (Å²) in [5, 5.41) is 3.67. The van der Waals surface area contributed by atoms with E-state index < -0.39 is 0 Å². The van der Waals surface area contributed by atoms with E-state index in [-0.39, 0.29) is 0 Å². The predicted octanol–water partition coefficient (Wildman–Crippen LogP) is 5.51. The van der Waals surface area contributed by atoms with Gasteiger partial charge in [0.1, 0.15) is 0 Å². The lowest BCUT2D eigenvalue weighted by molar-refractivity contribution is 0.361. The van der Waals surface area contributed by atoms with Crippen molar-refractivity contribution in [2.24, 2.45) is 5.92 Å². The zero-order valence-corrected chi connectivity index (χ0v) is 13.6. The van der Waals surface area contributed by atoms with Gasteiger partial charge in [-0.25, -0.2) is 0 Å². The number of anilines is 1. The molecule has 0 saturated heterocycles. The molecule has 94 valence electrons. The van der Waals surface area contributed by atoms with Crippen LogP contribution in [0.4, 0.5) is 5.69 Å². The van der Waals surface area contributed by atoms with E-state index in [0.717, 1.165) is 14.9 Å². The van der Waals surface area contributed by atoms with Crippen LogP contribution in [0.3, 0.4) is 0 Å². The molecule has 1 aliphatic carbocycles. The molecule has 0 amide bonds. The fourth-order valence-corrected chi connectivity index (χ4v) is 4.09. The third-order valence-electron chi connectivity index (χ3n) is 3.55. The van der Waals surface area contributed by atoms with Crippen LogP contribution in [0.1, 0.15) is 38.2 Å². The average Bonchev–Trinajstić information content (AvgIpc) is 2.26. The van der Waals surface area contributed by atoms with Crippen molar-refractivity contribution < 1.29 is 0 Å². The van der Waals surface area contributed by atoms with Crippen LogP contribution in [-0.2, 0) is 0 Å². The number of benzene rings is 1. The molecule has 0 spiro atoms. The first-order valence-corrected chi connectivity index (χ1v) is 7.87. The molecule has 0 aromatic heterocycles. The minimum atomic E-state index is 0.626. The fraction of sp³-hybridized carbons (Fsp3) is 0.571. The van der Waals surface area contributed by atoms with Gasteiger partial charge in [-0.05, 0) is 88.1 Å². The van der Waals surface area contributed by atoms with E-state index in [0.29, 0.717) is 6.04 Å². The fourth-order valence-electron chi connectivity index (χ4n) is 2.45. The SMILES string of the molecule is Cc1cc(Br)c(NC2CCC(C)CC2)c(Br)c1. The molecule has 0 aliphatic heterocycles. The Kier molecular flexibility index (Phi) is 4.53. The van der Waals surface area contributed by atoms with Gasteiger partial charge in [0.2, 0.25) is 0 Å². The standard InChI is InChI=1S/C14H19Br2N/c1-9-3-5-11(6-4-9)17-14-12(15)7-10(2)8-13(14)16/h7-9,11,17H,3-6H2,1-2H3. The second-order valence-electron chi connectivity index (χ2n) is 5.20. The number of rotatable bonds is 2. The molecule has 0 heterocycles. The minimum Gasteiger partial charge on any atom is -0.380 e. The van der Waals surface area contributed by atoms with E-state index in [2.05, 4.69) is 63.2 Å². The van der Waals surface area contributed by atoms with Crippen LogP contribution in [0.2, 0.25) is 0 Å². The first-order valence-electron chi connectivity index (χ1n) is 6.28. The first-order chi connectivity index (χ1) is 8.06. The lowest BCUT2D eigenvalue weighted by Crippen LogP contribution is -2.25. The predicted molar refractivity (Wildman–Crippen MR) is 81.6 cm³/mol. The number of halogens is 2. The van der Waals surface area contributed by atoms with Crippen molar-refractivity contribution in [3.8, 4) is 0 Å². The van der Waals surface area contributed by atoms with E-state index in [9.17, 15) is 0 Å². The highest BCUT2D eigenvalue weighted by Crippen LogP contribution is 2.35. The second-order valence-corrected chi connectivity index (χ2v) is 6.91. The van der Waals surface area contributed by atoms with Gasteiger partial charge < -0.3 is 5.32 Å². The van der Waals surface area contributed by atoms with Crippen LogP contribution >= 0.6 is 31.9 Å². The van der Waals surface area contributed by atoms with Crippen LogP contribution in [0, 0.1) is 12.8 Å². The van der Waals surface area contributed by atoms with E-state index >= 15 is 0 Å². The molecule has 0 atom stereocenters. The molecule has 0 bridgehead atoms. The summed E-state index contributed by atoms with van der Waals surface area (Å²) in [7, 11) is 0. The topological polar surface area (TPSA) is 12.0 Å². The Morgan fingerprint density at radius 1 is 1.06 bits per heavy atom. The highest BCUT2D eigenvalue weighted by Gasteiger charge is 2.19. The van der Waals surface area contributed by atoms with Crippen LogP contribution in [0.5, 0.6) is 0 Å². The Balaban J connectivity index is 2.08. The smallest absolute Gasteiger partial charge is 0.0631 e. The largest absolute Gasteiger partial charge is 0.380 e. The minimum absolute atomic E-state index is 0.626. The van der Waals surface area contributed by atoms with Gasteiger partial charge >= 0.3 is 0 Å². The molecular formula is C14H19Br2N. The van der Waals surface area contributed by atoms with Crippen molar-refractivity contribution in [2.75, 3.05) is 5.32 Å². The Labute approximate surface area is 121 Å². The number of aryl methyl sites for hydroxylation is 1. The number of nitrogens with one attached hydrogen (secondary N) is 1. The van der Waals surface area contributed by atoms with E-state index in [1.165, 1.54) is 36.9 Å². The van der Waals surface area contributed by atoms with Gasteiger partial charge in [0.25, 0.3) is 0 Å². The Morgan fingerprint density at radius 3 is 2.12 bits per heavy atom. The molecule has 0 unspecified atom stereocenters. The van der Waals surface area contributed by atoms with Crippen LogP contribution in [0.25, 0.3) is 0 Å². The van der Waals surface area contributed by atoms with Crippen molar-refractivity contribution in [1.82, 2.24) is 0 Å². The zero-order chi connectivity index (χ0) is 12.4. The molecule has 0 radical (unpaired) electrons. The van der Waals surface area contributed by atoms with Gasteiger partial charge in [0, 0.05) is 15.0 Å². The third kappa shape index (κ3) is 3.47. The van der Waals surface area contributed by atoms with Gasteiger partial charge in [-0.1, -0.05) is 6.92 Å². The Hall–Kier alpha value is -0.0200. The number of hydrogen-bond donors (Lipinski definition) is 1. The molecule has 1 saturated carbocycles. The van der Waals surface area contributed by atoms with E-state index in [1.807, 2.05) is 0 Å². The lowest BCUT2D eigenvalue weighted by atomic mass is 9.87. The zero-order valence-electron chi connectivity index (χ0n) is 10.4. The summed E-state index contributed by atoms with van der Waals surface area (Å²) in [5.41, 5.74) is 2.47. The molecule has 1 N–H and O–H groups in total. The highest BCUT2D eigenvalue weighted by molar-refractivity contribution is 9.11. The first kappa shape index (κ1) is 13.4. The van der Waals surface area contributed by atoms with Gasteiger partial charge in [-0.15, -0.1) is 0 Å². The Bertz CT molecular complexity index is 372. The summed E-state index contributed by atoms with van der Waals surface area (Å²) >= 11 is 7.29. The normalized spacial score (nSPS) is 24.7. The molecule has 17 heavy (non-hydrogen) atoms. The van der Waals surface area contributed by atoms with Crippen LogP contribution in [0.15, 0.2) is 21.1 Å². The molecule has 2 rings (SSSR count). The van der Waals surface area contributed by atoms with Crippen molar-refractivity contribution in [3.05, 3.63) is 26.6 Å². The maximum Gasteiger partial charge on any atom is 0.0631 e. The van der Waals surface area contributed by atoms with Gasteiger partial charge in [0.15, 0.2) is 0 Å². The van der Waals surface area contributed by atoms with Crippen molar-refractivity contribution in [2.45, 2.75) is 45.6 Å². The molecule has 3 heteroatoms. The molecular weight excluding hydrogens is 342 g/mol. The second kappa shape index (κ2) is 5.75. The van der Waals surface area contributed by atoms with Crippen LogP contribution in [-0.4, -0.2) is 6.04 Å². The summed E-state index contributed by atoms with van der Waals surface area (Å²) in [4.78, 5) is 0. The van der Waals surface area contributed by atoms with Crippen molar-refractivity contribution in [1.29, 1.82) is 0 Å². The lowest BCUT2D eigenvalue weighted by Gasteiger charge is -2.28. The molecule has 1 nitrogen and oxygen atoms in total. The monoisotopic (exact) mass is 359 g/mol. The van der Waals surface area contributed by atoms with Gasteiger partial charge in [-0.3, -0.25) is 0 Å². The summed E-state index contributed by atoms with van der Waals surface area (Å²) in [6.45, 7) is 4.47. The van der Waals surface area contributed by atoms with E-state index in [1.54, 1.807) is 0 Å².